The third-order valence-corrected chi connectivity index (χ3v) is 5.95. The molecule has 1 N–H and O–H groups in total. The minimum atomic E-state index is 0.299. The molecule has 0 spiro atoms. The lowest BCUT2D eigenvalue weighted by Gasteiger charge is -2.25. The molecule has 6 nitrogen and oxygen atoms in total. The number of nitrogens with one attached hydrogen (secondary N) is 1. The van der Waals surface area contributed by atoms with E-state index in [1.165, 1.54) is 5.56 Å². The van der Waals surface area contributed by atoms with Crippen LogP contribution < -0.4 is 10.1 Å². The summed E-state index contributed by atoms with van der Waals surface area (Å²) in [6, 6.07) is 8.19. The summed E-state index contributed by atoms with van der Waals surface area (Å²) in [5.74, 6) is 3.09. The van der Waals surface area contributed by atoms with Gasteiger partial charge in [0.05, 0.1) is 18.0 Å². The van der Waals surface area contributed by atoms with Crippen molar-refractivity contribution in [2.75, 3.05) is 30.5 Å². The van der Waals surface area contributed by atoms with E-state index < -0.39 is 0 Å². The third kappa shape index (κ3) is 4.73. The van der Waals surface area contributed by atoms with E-state index in [1.54, 1.807) is 6.33 Å². The molecule has 0 saturated heterocycles. The van der Waals surface area contributed by atoms with Gasteiger partial charge < -0.3 is 10.1 Å². The minimum Gasteiger partial charge on any atom is -0.491 e. The Hall–Kier alpha value is -2.67. The SMILES string of the molecule is CSCC(CNc1cc(-c2ccc(C)nc2)ncn1)c1cc(C)nc2c1OCCC2. The highest BCUT2D eigenvalue weighted by Crippen LogP contribution is 2.35. The van der Waals surface area contributed by atoms with Crippen LogP contribution in [0, 0.1) is 13.8 Å². The molecular weight excluding hydrogens is 394 g/mol. The van der Waals surface area contributed by atoms with Gasteiger partial charge >= 0.3 is 0 Å². The van der Waals surface area contributed by atoms with Crippen LogP contribution in [0.4, 0.5) is 5.82 Å². The van der Waals surface area contributed by atoms with Crippen molar-refractivity contribution in [1.82, 2.24) is 19.9 Å². The summed E-state index contributed by atoms with van der Waals surface area (Å²) in [4.78, 5) is 17.9. The van der Waals surface area contributed by atoms with Gasteiger partial charge in [-0.05, 0) is 51.1 Å². The molecule has 3 aromatic heterocycles. The number of fused-ring (bicyclic) bond motifs is 1. The van der Waals surface area contributed by atoms with Crippen LogP contribution in [0.3, 0.4) is 0 Å². The van der Waals surface area contributed by atoms with E-state index in [-0.39, 0.29) is 0 Å². The Balaban J connectivity index is 1.55. The Morgan fingerprint density at radius 2 is 2.03 bits per heavy atom. The average Bonchev–Trinajstić information content (AvgIpc) is 2.77. The number of hydrogen-bond acceptors (Lipinski definition) is 7. The number of anilines is 1. The van der Waals surface area contributed by atoms with Gasteiger partial charge in [-0.3, -0.25) is 9.97 Å². The smallest absolute Gasteiger partial charge is 0.144 e. The Kier molecular flexibility index (Phi) is 6.47. The van der Waals surface area contributed by atoms with Crippen molar-refractivity contribution < 1.29 is 4.74 Å². The largest absolute Gasteiger partial charge is 0.491 e. The topological polar surface area (TPSA) is 72.8 Å². The Labute approximate surface area is 181 Å². The van der Waals surface area contributed by atoms with E-state index in [4.69, 9.17) is 9.72 Å². The van der Waals surface area contributed by atoms with Gasteiger partial charge in [0.2, 0.25) is 0 Å². The second-order valence-corrected chi connectivity index (χ2v) is 8.50. The van der Waals surface area contributed by atoms with E-state index >= 15 is 0 Å². The highest BCUT2D eigenvalue weighted by molar-refractivity contribution is 7.98. The molecule has 0 bridgehead atoms. The van der Waals surface area contributed by atoms with Gasteiger partial charge in [0.25, 0.3) is 0 Å². The fourth-order valence-electron chi connectivity index (χ4n) is 3.73. The number of ether oxygens (including phenoxy) is 1. The first-order valence-corrected chi connectivity index (χ1v) is 11.6. The number of thioether (sulfide) groups is 1. The standard InChI is InChI=1S/C23H27N5OS/c1-15-6-7-17(11-24-15)21-10-22(27-14-26-21)25-12-18(13-30-3)19-9-16(2)28-20-5-4-8-29-23(19)20/h6-7,9-11,14,18H,4-5,8,12-13H2,1-3H3,(H,25,26,27). The zero-order chi connectivity index (χ0) is 20.9. The summed E-state index contributed by atoms with van der Waals surface area (Å²) in [6.45, 7) is 5.58. The van der Waals surface area contributed by atoms with E-state index in [0.29, 0.717) is 5.92 Å². The van der Waals surface area contributed by atoms with Crippen molar-refractivity contribution in [2.24, 2.45) is 0 Å². The van der Waals surface area contributed by atoms with Gasteiger partial charge in [0.1, 0.15) is 17.9 Å². The quantitative estimate of drug-likeness (QED) is 0.605. The molecule has 4 heterocycles. The Morgan fingerprint density at radius 3 is 2.83 bits per heavy atom. The van der Waals surface area contributed by atoms with E-state index in [0.717, 1.165) is 71.7 Å². The highest BCUT2D eigenvalue weighted by atomic mass is 32.2. The normalized spacial score (nSPS) is 14.0. The van der Waals surface area contributed by atoms with Crippen molar-refractivity contribution in [2.45, 2.75) is 32.6 Å². The second kappa shape index (κ2) is 9.43. The summed E-state index contributed by atoms with van der Waals surface area (Å²) in [6.07, 6.45) is 7.61. The molecule has 7 heteroatoms. The first kappa shape index (κ1) is 20.6. The summed E-state index contributed by atoms with van der Waals surface area (Å²) in [7, 11) is 0. The Bertz CT molecular complexity index is 1010. The van der Waals surface area contributed by atoms with Crippen LogP contribution in [-0.2, 0) is 6.42 Å². The number of pyridine rings is 2. The lowest BCUT2D eigenvalue weighted by Crippen LogP contribution is -2.20. The molecular formula is C23H27N5OS. The molecule has 3 aromatic rings. The third-order valence-electron chi connectivity index (χ3n) is 5.22. The summed E-state index contributed by atoms with van der Waals surface area (Å²) in [5.41, 5.74) is 6.23. The number of nitrogens with zero attached hydrogens (tertiary/aromatic N) is 4. The van der Waals surface area contributed by atoms with E-state index in [9.17, 15) is 0 Å². The monoisotopic (exact) mass is 421 g/mol. The van der Waals surface area contributed by atoms with Gasteiger partial charge in [-0.1, -0.05) is 0 Å². The van der Waals surface area contributed by atoms with E-state index in [1.807, 2.05) is 43.1 Å². The summed E-state index contributed by atoms with van der Waals surface area (Å²) in [5, 5.41) is 3.52. The zero-order valence-corrected chi connectivity index (χ0v) is 18.5. The van der Waals surface area contributed by atoms with Crippen LogP contribution in [0.1, 0.15) is 35.0 Å². The van der Waals surface area contributed by atoms with Crippen molar-refractivity contribution >= 4 is 17.6 Å². The molecule has 1 unspecified atom stereocenters. The highest BCUT2D eigenvalue weighted by Gasteiger charge is 2.23. The molecule has 1 aliphatic rings. The lowest BCUT2D eigenvalue weighted by atomic mass is 9.96. The fraction of sp³-hybridized carbons (Fsp3) is 0.391. The second-order valence-electron chi connectivity index (χ2n) is 7.59. The van der Waals surface area contributed by atoms with Crippen LogP contribution in [-0.4, -0.2) is 45.1 Å². The molecule has 4 rings (SSSR count). The molecule has 0 aromatic carbocycles. The van der Waals surface area contributed by atoms with Gasteiger partial charge in [-0.15, -0.1) is 0 Å². The van der Waals surface area contributed by atoms with Gasteiger partial charge in [-0.25, -0.2) is 9.97 Å². The van der Waals surface area contributed by atoms with Gasteiger partial charge in [-0.2, -0.15) is 11.8 Å². The maximum absolute atomic E-state index is 6.04. The van der Waals surface area contributed by atoms with Crippen LogP contribution in [0.25, 0.3) is 11.3 Å². The number of aromatic nitrogens is 4. The van der Waals surface area contributed by atoms with Gasteiger partial charge in [0, 0.05) is 53.0 Å². The van der Waals surface area contributed by atoms with Crippen LogP contribution in [0.5, 0.6) is 5.75 Å². The number of rotatable bonds is 7. The van der Waals surface area contributed by atoms with Crippen LogP contribution in [0.2, 0.25) is 0 Å². The van der Waals surface area contributed by atoms with E-state index in [2.05, 4.69) is 39.5 Å². The van der Waals surface area contributed by atoms with Crippen molar-refractivity contribution in [3.63, 3.8) is 0 Å². The minimum absolute atomic E-state index is 0.299. The average molecular weight is 422 g/mol. The fourth-order valence-corrected chi connectivity index (χ4v) is 4.42. The van der Waals surface area contributed by atoms with Crippen molar-refractivity contribution in [1.29, 1.82) is 0 Å². The molecule has 0 radical (unpaired) electrons. The first-order valence-electron chi connectivity index (χ1n) is 10.2. The lowest BCUT2D eigenvalue weighted by molar-refractivity contribution is 0.280. The molecule has 30 heavy (non-hydrogen) atoms. The number of hydrogen-bond donors (Lipinski definition) is 1. The first-order chi connectivity index (χ1) is 14.6. The van der Waals surface area contributed by atoms with Crippen molar-refractivity contribution in [3.05, 3.63) is 59.4 Å². The maximum atomic E-state index is 6.04. The molecule has 0 saturated carbocycles. The number of aryl methyl sites for hydroxylation is 3. The van der Waals surface area contributed by atoms with Crippen molar-refractivity contribution in [3.8, 4) is 17.0 Å². The molecule has 1 aliphatic heterocycles. The summed E-state index contributed by atoms with van der Waals surface area (Å²) >= 11 is 1.84. The maximum Gasteiger partial charge on any atom is 0.144 e. The molecule has 0 amide bonds. The predicted molar refractivity (Wildman–Crippen MR) is 122 cm³/mol. The predicted octanol–water partition coefficient (Wildman–Crippen LogP) is 4.43. The zero-order valence-electron chi connectivity index (χ0n) is 17.7. The van der Waals surface area contributed by atoms with Gasteiger partial charge in [0.15, 0.2) is 0 Å². The molecule has 0 aliphatic carbocycles. The molecule has 156 valence electrons. The molecule has 1 atom stereocenters. The molecule has 0 fully saturated rings. The summed E-state index contributed by atoms with van der Waals surface area (Å²) < 4.78 is 6.04. The Morgan fingerprint density at radius 1 is 1.13 bits per heavy atom. The van der Waals surface area contributed by atoms with Crippen LogP contribution in [0.15, 0.2) is 36.8 Å². The van der Waals surface area contributed by atoms with Crippen LogP contribution >= 0.6 is 11.8 Å².